The van der Waals surface area contributed by atoms with Gasteiger partial charge < -0.3 is 15.4 Å². The predicted octanol–water partition coefficient (Wildman–Crippen LogP) is 1.84. The van der Waals surface area contributed by atoms with Crippen LogP contribution in [0.15, 0.2) is 47.5 Å². The third-order valence-electron chi connectivity index (χ3n) is 2.95. The summed E-state index contributed by atoms with van der Waals surface area (Å²) < 4.78 is 31.8. The Kier molecular flexibility index (Phi) is 5.59. The average Bonchev–Trinajstić information content (AvgIpc) is 2.55. The number of urea groups is 1. The molecule has 0 bridgehead atoms. The van der Waals surface area contributed by atoms with Gasteiger partial charge in [0, 0.05) is 18.4 Å². The number of pyridine rings is 1. The molecule has 0 aliphatic heterocycles. The first kappa shape index (κ1) is 17.5. The zero-order valence-corrected chi connectivity index (χ0v) is 14.1. The first-order valence-corrected chi connectivity index (χ1v) is 8.61. The van der Waals surface area contributed by atoms with Crippen LogP contribution in [0, 0.1) is 0 Å². The van der Waals surface area contributed by atoms with Gasteiger partial charge in [-0.05, 0) is 37.3 Å². The molecule has 1 aromatic heterocycles. The molecule has 1 aromatic carbocycles. The molecule has 24 heavy (non-hydrogen) atoms. The maximum atomic E-state index is 12.4. The van der Waals surface area contributed by atoms with Crippen LogP contribution in [0.2, 0.25) is 0 Å². The minimum Gasteiger partial charge on any atom is -0.495 e. The number of nitrogens with zero attached hydrogens (tertiary/aromatic N) is 1. The molecule has 8 nitrogen and oxygen atoms in total. The molecule has 0 aliphatic rings. The van der Waals surface area contributed by atoms with Crippen molar-refractivity contribution in [1.82, 2.24) is 15.0 Å². The van der Waals surface area contributed by atoms with Gasteiger partial charge in [0.15, 0.2) is 0 Å². The van der Waals surface area contributed by atoms with Gasteiger partial charge in [-0.25, -0.2) is 22.9 Å². The van der Waals surface area contributed by atoms with E-state index < -0.39 is 16.1 Å². The van der Waals surface area contributed by atoms with Gasteiger partial charge in [0.25, 0.3) is 10.0 Å². The summed E-state index contributed by atoms with van der Waals surface area (Å²) in [6, 6.07) is 9.03. The maximum Gasteiger partial charge on any atom is 0.328 e. The van der Waals surface area contributed by atoms with E-state index in [2.05, 4.69) is 15.6 Å². The number of methoxy groups -OCH3 is 1. The molecule has 128 valence electrons. The zero-order valence-electron chi connectivity index (χ0n) is 13.2. The number of carbonyl (C=O) groups excluding carboxylic acids is 1. The Morgan fingerprint density at radius 2 is 2.04 bits per heavy atom. The fourth-order valence-corrected chi connectivity index (χ4v) is 3.05. The zero-order chi connectivity index (χ0) is 17.6. The number of hydrogen-bond donors (Lipinski definition) is 3. The number of anilines is 2. The van der Waals surface area contributed by atoms with E-state index in [4.69, 9.17) is 4.74 Å². The third kappa shape index (κ3) is 4.35. The molecule has 2 aromatic rings. The van der Waals surface area contributed by atoms with Crippen molar-refractivity contribution in [3.05, 3.63) is 42.6 Å². The number of benzene rings is 1. The maximum absolute atomic E-state index is 12.4. The molecule has 2 amide bonds. The van der Waals surface area contributed by atoms with Gasteiger partial charge in [-0.15, -0.1) is 0 Å². The summed E-state index contributed by atoms with van der Waals surface area (Å²) in [5, 5.41) is 5.35. The highest BCUT2D eigenvalue weighted by Gasteiger charge is 2.22. The van der Waals surface area contributed by atoms with Gasteiger partial charge >= 0.3 is 6.03 Å². The molecule has 3 N–H and O–H groups in total. The lowest BCUT2D eigenvalue weighted by Crippen LogP contribution is -2.39. The van der Waals surface area contributed by atoms with Gasteiger partial charge in [-0.3, -0.25) is 0 Å². The van der Waals surface area contributed by atoms with Crippen molar-refractivity contribution in [3.8, 4) is 5.75 Å². The molecule has 0 radical (unpaired) electrons. The first-order chi connectivity index (χ1) is 11.5. The van der Waals surface area contributed by atoms with Gasteiger partial charge in [-0.2, -0.15) is 0 Å². The van der Waals surface area contributed by atoms with Gasteiger partial charge in [-0.1, -0.05) is 6.07 Å². The molecule has 0 saturated carbocycles. The summed E-state index contributed by atoms with van der Waals surface area (Å²) in [5.74, 6) is 0.682. The number of aromatic nitrogens is 1. The minimum absolute atomic E-state index is 0.123. The largest absolute Gasteiger partial charge is 0.495 e. The Morgan fingerprint density at radius 1 is 1.25 bits per heavy atom. The Morgan fingerprint density at radius 3 is 2.67 bits per heavy atom. The summed E-state index contributed by atoms with van der Waals surface area (Å²) >= 11 is 0. The molecule has 0 unspecified atom stereocenters. The summed E-state index contributed by atoms with van der Waals surface area (Å²) in [5.41, 5.74) is 0.491. The smallest absolute Gasteiger partial charge is 0.328 e. The van der Waals surface area contributed by atoms with Gasteiger partial charge in [0.1, 0.15) is 16.5 Å². The van der Waals surface area contributed by atoms with Crippen LogP contribution in [0.3, 0.4) is 0 Å². The molecule has 1 heterocycles. The molecule has 0 fully saturated rings. The van der Waals surface area contributed by atoms with Crippen molar-refractivity contribution in [1.29, 1.82) is 0 Å². The van der Waals surface area contributed by atoms with E-state index in [9.17, 15) is 13.2 Å². The second-order valence-electron chi connectivity index (χ2n) is 4.67. The Labute approximate surface area is 140 Å². The van der Waals surface area contributed by atoms with E-state index in [1.807, 2.05) is 4.72 Å². The molecule has 0 saturated heterocycles. The van der Waals surface area contributed by atoms with Crippen LogP contribution in [-0.2, 0) is 10.0 Å². The number of carbonyl (C=O) groups is 1. The lowest BCUT2D eigenvalue weighted by atomic mass is 10.3. The van der Waals surface area contributed by atoms with E-state index in [0.29, 0.717) is 18.1 Å². The normalized spacial score (nSPS) is 10.8. The highest BCUT2D eigenvalue weighted by molar-refractivity contribution is 7.90. The van der Waals surface area contributed by atoms with Gasteiger partial charge in [0.2, 0.25) is 0 Å². The molecule has 0 spiro atoms. The van der Waals surface area contributed by atoms with Crippen LogP contribution in [0.25, 0.3) is 0 Å². The lowest BCUT2D eigenvalue weighted by Gasteiger charge is -2.13. The molecule has 9 heteroatoms. The topological polar surface area (TPSA) is 109 Å². The van der Waals surface area contributed by atoms with Crippen LogP contribution in [0.1, 0.15) is 6.92 Å². The Balaban J connectivity index is 2.33. The molecular weight excluding hydrogens is 332 g/mol. The second-order valence-corrected chi connectivity index (χ2v) is 6.32. The summed E-state index contributed by atoms with van der Waals surface area (Å²) in [4.78, 5) is 15.5. The first-order valence-electron chi connectivity index (χ1n) is 7.13. The number of hydrogen-bond acceptors (Lipinski definition) is 6. The monoisotopic (exact) mass is 350 g/mol. The number of nitrogens with one attached hydrogen (secondary N) is 3. The van der Waals surface area contributed by atoms with E-state index in [0.717, 1.165) is 0 Å². The lowest BCUT2D eigenvalue weighted by molar-refractivity contribution is 0.246. The van der Waals surface area contributed by atoms with Crippen LogP contribution in [-0.4, -0.2) is 33.1 Å². The third-order valence-corrected chi connectivity index (χ3v) is 4.31. The van der Waals surface area contributed by atoms with Crippen LogP contribution in [0.4, 0.5) is 16.3 Å². The number of rotatable bonds is 6. The average molecular weight is 350 g/mol. The Hall–Kier alpha value is -2.81. The van der Waals surface area contributed by atoms with E-state index >= 15 is 0 Å². The summed E-state index contributed by atoms with van der Waals surface area (Å²) in [6.45, 7) is 1.99. The minimum atomic E-state index is -4.09. The summed E-state index contributed by atoms with van der Waals surface area (Å²) in [7, 11) is -2.73. The highest BCUT2D eigenvalue weighted by Crippen LogP contribution is 2.28. The van der Waals surface area contributed by atoms with Crippen molar-refractivity contribution in [2.45, 2.75) is 11.8 Å². The van der Waals surface area contributed by atoms with Crippen molar-refractivity contribution in [3.63, 3.8) is 0 Å². The van der Waals surface area contributed by atoms with E-state index in [-0.39, 0.29) is 10.6 Å². The molecule has 2 rings (SSSR count). The van der Waals surface area contributed by atoms with Crippen LogP contribution >= 0.6 is 0 Å². The molecule has 0 atom stereocenters. The SMILES string of the molecule is CCNC(=O)NS(=O)(=O)c1cc(Nc2ccccn2)ccc1OC. The number of sulfonamides is 1. The van der Waals surface area contributed by atoms with Gasteiger partial charge in [0.05, 0.1) is 7.11 Å². The molecule has 0 aliphatic carbocycles. The second kappa shape index (κ2) is 7.64. The number of amides is 2. The van der Waals surface area contributed by atoms with Crippen LogP contribution < -0.4 is 20.1 Å². The van der Waals surface area contributed by atoms with Crippen LogP contribution in [0.5, 0.6) is 5.75 Å². The summed E-state index contributed by atoms with van der Waals surface area (Å²) in [6.07, 6.45) is 1.61. The molecular formula is C15H18N4O4S. The van der Waals surface area contributed by atoms with E-state index in [1.165, 1.54) is 19.2 Å². The van der Waals surface area contributed by atoms with E-state index in [1.54, 1.807) is 37.4 Å². The fourth-order valence-electron chi connectivity index (χ4n) is 1.92. The van der Waals surface area contributed by atoms with Crippen molar-refractivity contribution in [2.24, 2.45) is 0 Å². The van der Waals surface area contributed by atoms with Crippen molar-refractivity contribution in [2.75, 3.05) is 19.0 Å². The quantitative estimate of drug-likeness (QED) is 0.733. The Bertz CT molecular complexity index is 809. The van der Waals surface area contributed by atoms with Crippen molar-refractivity contribution >= 4 is 27.6 Å². The predicted molar refractivity (Wildman–Crippen MR) is 89.9 cm³/mol. The van der Waals surface area contributed by atoms with Crippen molar-refractivity contribution < 1.29 is 17.9 Å². The standard InChI is InChI=1S/C15H18N4O4S/c1-3-16-15(20)19-24(21,22)13-10-11(7-8-12(13)23-2)18-14-6-4-5-9-17-14/h4-10H,3H2,1-2H3,(H,17,18)(H2,16,19,20). The number of ether oxygens (including phenoxy) is 1. The fraction of sp³-hybridized carbons (Fsp3) is 0.200. The highest BCUT2D eigenvalue weighted by atomic mass is 32.2.